The number of nitrogens with zero attached hydrogens (tertiary/aromatic N) is 2. The topological polar surface area (TPSA) is 158 Å². The highest BCUT2D eigenvalue weighted by molar-refractivity contribution is 6.44. The van der Waals surface area contributed by atoms with Crippen molar-refractivity contribution in [2.75, 3.05) is 11.9 Å². The van der Waals surface area contributed by atoms with Gasteiger partial charge in [0.1, 0.15) is 29.5 Å². The quantitative estimate of drug-likeness (QED) is 0.226. The molecule has 1 atom stereocenters. The molecule has 13 heteroatoms. The predicted octanol–water partition coefficient (Wildman–Crippen LogP) is 5.79. The summed E-state index contributed by atoms with van der Waals surface area (Å²) >= 11 is 0. The Labute approximate surface area is 289 Å². The van der Waals surface area contributed by atoms with E-state index in [2.05, 4.69) is 21.0 Å². The summed E-state index contributed by atoms with van der Waals surface area (Å²) in [6.45, 7) is 5.06. The number of fused-ring (bicyclic) bond motifs is 3. The Bertz CT molecular complexity index is 1760. The number of rotatable bonds is 10. The number of hydrogen-bond acceptors (Lipinski definition) is 8. The first-order valence-electron chi connectivity index (χ1n) is 17.0. The van der Waals surface area contributed by atoms with Gasteiger partial charge in [0.25, 0.3) is 5.91 Å². The first-order valence-corrected chi connectivity index (χ1v) is 17.0. The lowest BCUT2D eigenvalue weighted by molar-refractivity contribution is -0.144. The molecule has 3 N–H and O–H groups in total. The molecule has 2 fully saturated rings. The summed E-state index contributed by atoms with van der Waals surface area (Å²) in [4.78, 5) is 65.7. The van der Waals surface area contributed by atoms with Gasteiger partial charge in [-0.25, -0.2) is 14.0 Å². The Morgan fingerprint density at radius 3 is 2.12 bits per heavy atom. The van der Waals surface area contributed by atoms with E-state index < -0.39 is 52.6 Å². The van der Waals surface area contributed by atoms with Crippen molar-refractivity contribution in [3.63, 3.8) is 0 Å². The van der Waals surface area contributed by atoms with Crippen LogP contribution in [-0.2, 0) is 23.9 Å². The molecule has 12 nitrogen and oxygen atoms in total. The molecule has 3 aliphatic rings. The third kappa shape index (κ3) is 7.41. The van der Waals surface area contributed by atoms with Gasteiger partial charge in [-0.2, -0.15) is 4.68 Å². The molecule has 264 valence electrons. The summed E-state index contributed by atoms with van der Waals surface area (Å²) in [5.74, 6) is -2.96. The van der Waals surface area contributed by atoms with E-state index in [0.717, 1.165) is 26.9 Å². The van der Waals surface area contributed by atoms with E-state index in [9.17, 15) is 24.0 Å². The zero-order valence-electron chi connectivity index (χ0n) is 28.4. The molecule has 1 aromatic heterocycles. The van der Waals surface area contributed by atoms with Crippen LogP contribution in [0.3, 0.4) is 0 Å². The number of alkyl halides is 1. The Kier molecular flexibility index (Phi) is 9.52. The van der Waals surface area contributed by atoms with E-state index in [-0.39, 0.29) is 50.4 Å². The minimum absolute atomic E-state index is 0.0669. The molecular formula is C37H42FN5O7. The van der Waals surface area contributed by atoms with Crippen molar-refractivity contribution in [3.05, 3.63) is 71.9 Å². The molecule has 3 amide bonds. The van der Waals surface area contributed by atoms with Crippen molar-refractivity contribution in [1.82, 2.24) is 20.4 Å². The van der Waals surface area contributed by atoms with Crippen molar-refractivity contribution in [3.8, 4) is 11.1 Å². The Balaban J connectivity index is 1.08. The summed E-state index contributed by atoms with van der Waals surface area (Å²) in [7, 11) is 0. The van der Waals surface area contributed by atoms with E-state index in [1.165, 1.54) is 12.3 Å². The average Bonchev–Trinajstić information content (AvgIpc) is 3.78. The number of alkyl carbamates (subject to hydrolysis) is 1. The lowest BCUT2D eigenvalue weighted by atomic mass is 9.73. The third-order valence-corrected chi connectivity index (χ3v) is 9.64. The second kappa shape index (κ2) is 13.7. The van der Waals surface area contributed by atoms with Gasteiger partial charge >= 0.3 is 12.2 Å². The summed E-state index contributed by atoms with van der Waals surface area (Å²) in [6, 6.07) is 15.9. The fourth-order valence-electron chi connectivity index (χ4n) is 7.04. The standard InChI is InChI=1S/C37H42FN5O7/c1-35(2,3)50-33(47)39-28(21-36(38)16-8-9-17-36)31(45)41-37(18-10-19-37)30(44)32(46)40-29-15-20-43(42-29)34(48)49-22-27-25-13-6-4-11-23(25)24-12-5-7-14-26(24)27/h4-7,11-15,20,27-28H,8-10,16-19,21-22H2,1-3H3,(H,39,47)(H,41,45)(H,40,42,46). The van der Waals surface area contributed by atoms with Gasteiger partial charge in [0.15, 0.2) is 5.82 Å². The summed E-state index contributed by atoms with van der Waals surface area (Å²) in [5, 5.41) is 11.6. The molecule has 50 heavy (non-hydrogen) atoms. The van der Waals surface area contributed by atoms with Gasteiger partial charge in [-0.1, -0.05) is 61.4 Å². The molecule has 0 radical (unpaired) electrons. The number of hydrogen-bond donors (Lipinski definition) is 3. The van der Waals surface area contributed by atoms with Crippen LogP contribution < -0.4 is 16.0 Å². The van der Waals surface area contributed by atoms with Crippen molar-refractivity contribution < 1.29 is 37.8 Å². The van der Waals surface area contributed by atoms with Crippen molar-refractivity contribution in [2.45, 2.75) is 101 Å². The second-order valence-corrected chi connectivity index (χ2v) is 14.4. The fraction of sp³-hybridized carbons (Fsp3) is 0.459. The van der Waals surface area contributed by atoms with Gasteiger partial charge in [0, 0.05) is 24.6 Å². The fourth-order valence-corrected chi connectivity index (χ4v) is 7.04. The molecule has 3 aliphatic carbocycles. The van der Waals surface area contributed by atoms with Gasteiger partial charge in [0.05, 0.1) is 0 Å². The molecule has 0 saturated heterocycles. The number of aromatic nitrogens is 2. The number of benzene rings is 2. The van der Waals surface area contributed by atoms with Crippen LogP contribution >= 0.6 is 0 Å². The van der Waals surface area contributed by atoms with Crippen molar-refractivity contribution in [2.24, 2.45) is 0 Å². The van der Waals surface area contributed by atoms with Crippen LogP contribution in [0.15, 0.2) is 60.8 Å². The van der Waals surface area contributed by atoms with Crippen molar-refractivity contribution >= 4 is 35.6 Å². The second-order valence-electron chi connectivity index (χ2n) is 14.4. The molecular weight excluding hydrogens is 645 g/mol. The van der Waals surface area contributed by atoms with E-state index in [1.54, 1.807) is 20.8 Å². The monoisotopic (exact) mass is 687 g/mol. The Morgan fingerprint density at radius 2 is 1.54 bits per heavy atom. The number of nitrogens with one attached hydrogen (secondary N) is 3. The highest BCUT2D eigenvalue weighted by Crippen LogP contribution is 2.44. The first-order chi connectivity index (χ1) is 23.8. The molecule has 3 aromatic rings. The van der Waals surface area contributed by atoms with Crippen LogP contribution in [0.2, 0.25) is 0 Å². The van der Waals surface area contributed by atoms with Crippen LogP contribution in [0.1, 0.15) is 89.2 Å². The number of Topliss-reactive ketones (excluding diaryl/α,β-unsaturated/α-hetero) is 1. The average molecular weight is 688 g/mol. The molecule has 0 aliphatic heterocycles. The number of carbonyl (C=O) groups excluding carboxylic acids is 5. The van der Waals surface area contributed by atoms with Gasteiger partial charge in [-0.05, 0) is 75.1 Å². The Morgan fingerprint density at radius 1 is 0.920 bits per heavy atom. The zero-order chi connectivity index (χ0) is 35.7. The van der Waals surface area contributed by atoms with Crippen LogP contribution in [0.4, 0.5) is 19.8 Å². The highest BCUT2D eigenvalue weighted by atomic mass is 19.1. The van der Waals surface area contributed by atoms with Crippen LogP contribution in [0.5, 0.6) is 0 Å². The molecule has 2 aromatic carbocycles. The van der Waals surface area contributed by atoms with Crippen LogP contribution in [-0.4, -0.2) is 69.0 Å². The molecule has 0 spiro atoms. The first kappa shape index (κ1) is 34.8. The minimum Gasteiger partial charge on any atom is -0.447 e. The molecule has 6 rings (SSSR count). The van der Waals surface area contributed by atoms with Crippen LogP contribution in [0.25, 0.3) is 11.1 Å². The van der Waals surface area contributed by atoms with Crippen LogP contribution in [0, 0.1) is 0 Å². The van der Waals surface area contributed by atoms with Gasteiger partial charge < -0.3 is 25.4 Å². The van der Waals surface area contributed by atoms with Gasteiger partial charge in [0.2, 0.25) is 11.7 Å². The van der Waals surface area contributed by atoms with E-state index in [1.807, 2.05) is 48.5 Å². The van der Waals surface area contributed by atoms with E-state index in [0.29, 0.717) is 19.3 Å². The van der Waals surface area contributed by atoms with E-state index >= 15 is 4.39 Å². The number of anilines is 1. The normalized spacial score (nSPS) is 17.8. The van der Waals surface area contributed by atoms with E-state index in [4.69, 9.17) is 9.47 Å². The number of ketones is 1. The Hall–Kier alpha value is -5.07. The van der Waals surface area contributed by atoms with Gasteiger partial charge in [-0.15, -0.1) is 5.10 Å². The zero-order valence-corrected chi connectivity index (χ0v) is 28.4. The smallest absolute Gasteiger partial charge is 0.434 e. The highest BCUT2D eigenvalue weighted by Gasteiger charge is 2.50. The lowest BCUT2D eigenvalue weighted by Crippen LogP contribution is -2.65. The van der Waals surface area contributed by atoms with Crippen molar-refractivity contribution in [1.29, 1.82) is 0 Å². The molecule has 1 heterocycles. The summed E-state index contributed by atoms with van der Waals surface area (Å²) in [5.41, 5.74) is 0.246. The molecule has 0 bridgehead atoms. The lowest BCUT2D eigenvalue weighted by Gasteiger charge is -2.41. The molecule has 1 unspecified atom stereocenters. The predicted molar refractivity (Wildman–Crippen MR) is 181 cm³/mol. The third-order valence-electron chi connectivity index (χ3n) is 9.64. The minimum atomic E-state index is -1.66. The number of halogens is 1. The SMILES string of the molecule is CC(C)(C)OC(=O)NC(CC1(F)CCCC1)C(=O)NC1(C(=O)C(=O)Nc2ccn(C(=O)OCC3c4ccccc4-c4ccccc43)n2)CCC1. The largest absolute Gasteiger partial charge is 0.447 e. The number of carbonyl (C=O) groups is 5. The maximum absolute atomic E-state index is 15.5. The number of amides is 3. The number of ether oxygens (including phenoxy) is 2. The maximum atomic E-state index is 15.5. The summed E-state index contributed by atoms with van der Waals surface area (Å²) < 4.78 is 27.4. The van der Waals surface area contributed by atoms with Gasteiger partial charge in [-0.3, -0.25) is 14.4 Å². The molecule has 2 saturated carbocycles. The summed E-state index contributed by atoms with van der Waals surface area (Å²) in [6.07, 6.45) is 2.11. The maximum Gasteiger partial charge on any atom is 0.434 e.